The first-order valence-electron chi connectivity index (χ1n) is 6.99. The van der Waals surface area contributed by atoms with Crippen LogP contribution >= 0.6 is 11.8 Å². The van der Waals surface area contributed by atoms with E-state index in [0.29, 0.717) is 15.9 Å². The molecule has 1 heterocycles. The number of carbonyl (C=O) groups is 1. The summed E-state index contributed by atoms with van der Waals surface area (Å²) in [6.07, 6.45) is 0. The summed E-state index contributed by atoms with van der Waals surface area (Å²) >= 11 is 1.18. The van der Waals surface area contributed by atoms with Crippen molar-refractivity contribution >= 4 is 23.2 Å². The zero-order valence-corrected chi connectivity index (χ0v) is 13.4. The van der Waals surface area contributed by atoms with Gasteiger partial charge in [-0.25, -0.2) is 4.98 Å². The highest BCUT2D eigenvalue weighted by Crippen LogP contribution is 2.31. The first-order chi connectivity index (χ1) is 11.5. The highest BCUT2D eigenvalue weighted by Gasteiger charge is 2.16. The van der Waals surface area contributed by atoms with Gasteiger partial charge in [0.15, 0.2) is 11.6 Å². The number of aromatic amines is 1. The van der Waals surface area contributed by atoms with Gasteiger partial charge in [-0.05, 0) is 24.8 Å². The van der Waals surface area contributed by atoms with Gasteiger partial charge in [0.1, 0.15) is 0 Å². The SMILES string of the molecule is CC(=O)c1cc([N+](=O)[O-])ccc1Sc1n[nH]c(-c2ccccc2)n1. The van der Waals surface area contributed by atoms with Gasteiger partial charge in [0.05, 0.1) is 4.92 Å². The van der Waals surface area contributed by atoms with E-state index in [0.717, 1.165) is 5.56 Å². The van der Waals surface area contributed by atoms with Crippen LogP contribution in [0.15, 0.2) is 58.6 Å². The van der Waals surface area contributed by atoms with Crippen molar-refractivity contribution in [3.05, 3.63) is 64.2 Å². The number of Topliss-reactive ketones (excluding diaryl/α,β-unsaturated/α-hetero) is 1. The molecule has 0 saturated heterocycles. The minimum atomic E-state index is -0.527. The van der Waals surface area contributed by atoms with Crippen LogP contribution in [0.2, 0.25) is 0 Å². The molecule has 0 aliphatic rings. The van der Waals surface area contributed by atoms with Crippen LogP contribution in [-0.2, 0) is 0 Å². The predicted molar refractivity (Wildman–Crippen MR) is 89.0 cm³/mol. The maximum atomic E-state index is 11.8. The smallest absolute Gasteiger partial charge is 0.270 e. The van der Waals surface area contributed by atoms with Gasteiger partial charge in [0.25, 0.3) is 5.69 Å². The van der Waals surface area contributed by atoms with E-state index in [2.05, 4.69) is 15.2 Å². The minimum Gasteiger partial charge on any atom is -0.294 e. The van der Waals surface area contributed by atoms with Crippen molar-refractivity contribution in [3.8, 4) is 11.4 Å². The molecule has 0 saturated carbocycles. The second-order valence-corrected chi connectivity index (χ2v) is 5.94. The summed E-state index contributed by atoms with van der Waals surface area (Å²) in [5, 5.41) is 18.3. The Morgan fingerprint density at radius 3 is 2.62 bits per heavy atom. The van der Waals surface area contributed by atoms with Crippen molar-refractivity contribution < 1.29 is 9.72 Å². The van der Waals surface area contributed by atoms with Crippen LogP contribution in [0.1, 0.15) is 17.3 Å². The number of nitrogens with one attached hydrogen (secondary N) is 1. The molecule has 0 atom stereocenters. The van der Waals surface area contributed by atoms with Gasteiger partial charge in [-0.3, -0.25) is 20.0 Å². The van der Waals surface area contributed by atoms with Crippen LogP contribution in [0.5, 0.6) is 0 Å². The largest absolute Gasteiger partial charge is 0.294 e. The fraction of sp³-hybridized carbons (Fsp3) is 0.0625. The molecule has 24 heavy (non-hydrogen) atoms. The number of H-pyrrole nitrogens is 1. The summed E-state index contributed by atoms with van der Waals surface area (Å²) in [5.74, 6) is 0.365. The zero-order chi connectivity index (χ0) is 17.1. The second-order valence-electron chi connectivity index (χ2n) is 4.93. The number of hydrogen-bond acceptors (Lipinski definition) is 6. The number of non-ortho nitro benzene ring substituents is 1. The normalized spacial score (nSPS) is 10.5. The lowest BCUT2D eigenvalue weighted by Crippen LogP contribution is -1.98. The van der Waals surface area contributed by atoms with E-state index in [9.17, 15) is 14.9 Å². The number of nitro benzene ring substituents is 1. The standard InChI is InChI=1S/C16H12N4O3S/c1-10(21)13-9-12(20(22)23)7-8-14(13)24-16-17-15(18-19-16)11-5-3-2-4-6-11/h2-9H,1H3,(H,17,18,19). The predicted octanol–water partition coefficient (Wildman–Crippen LogP) is 3.73. The van der Waals surface area contributed by atoms with E-state index < -0.39 is 4.92 Å². The highest BCUT2D eigenvalue weighted by atomic mass is 32.2. The molecule has 8 heteroatoms. The van der Waals surface area contributed by atoms with Crippen LogP contribution in [0, 0.1) is 10.1 Å². The van der Waals surface area contributed by atoms with Gasteiger partial charge in [-0.1, -0.05) is 30.3 Å². The first kappa shape index (κ1) is 15.9. The van der Waals surface area contributed by atoms with E-state index in [1.807, 2.05) is 30.3 Å². The zero-order valence-electron chi connectivity index (χ0n) is 12.6. The highest BCUT2D eigenvalue weighted by molar-refractivity contribution is 7.99. The van der Waals surface area contributed by atoms with Gasteiger partial charge in [0.2, 0.25) is 5.16 Å². The number of carbonyl (C=O) groups excluding carboxylic acids is 1. The van der Waals surface area contributed by atoms with E-state index in [4.69, 9.17) is 0 Å². The Morgan fingerprint density at radius 2 is 1.96 bits per heavy atom. The number of benzene rings is 2. The lowest BCUT2D eigenvalue weighted by molar-refractivity contribution is -0.384. The Hall–Kier alpha value is -3.00. The molecule has 0 spiro atoms. The van der Waals surface area contributed by atoms with Crippen LogP contribution in [0.3, 0.4) is 0 Å². The monoisotopic (exact) mass is 340 g/mol. The lowest BCUT2D eigenvalue weighted by atomic mass is 10.1. The number of ketones is 1. The number of nitrogens with zero attached hydrogens (tertiary/aromatic N) is 3. The van der Waals surface area contributed by atoms with Crippen molar-refractivity contribution in [1.29, 1.82) is 0 Å². The molecule has 0 unspecified atom stereocenters. The maximum Gasteiger partial charge on any atom is 0.270 e. The Labute approximate surface area is 141 Å². The molecular weight excluding hydrogens is 328 g/mol. The summed E-state index contributed by atoms with van der Waals surface area (Å²) in [7, 11) is 0. The van der Waals surface area contributed by atoms with E-state index >= 15 is 0 Å². The summed E-state index contributed by atoms with van der Waals surface area (Å²) in [6, 6.07) is 13.7. The average molecular weight is 340 g/mol. The molecule has 3 aromatic rings. The molecule has 0 aliphatic heterocycles. The molecule has 0 radical (unpaired) electrons. The van der Waals surface area contributed by atoms with Gasteiger partial charge < -0.3 is 0 Å². The lowest BCUT2D eigenvalue weighted by Gasteiger charge is -2.04. The van der Waals surface area contributed by atoms with Crippen molar-refractivity contribution in [2.75, 3.05) is 0 Å². The third-order valence-electron chi connectivity index (χ3n) is 3.27. The Balaban J connectivity index is 1.90. The van der Waals surface area contributed by atoms with Crippen molar-refractivity contribution in [3.63, 3.8) is 0 Å². The molecule has 0 aliphatic carbocycles. The summed E-state index contributed by atoms with van der Waals surface area (Å²) in [6.45, 7) is 1.37. The average Bonchev–Trinajstić information content (AvgIpc) is 3.04. The van der Waals surface area contributed by atoms with E-state index in [-0.39, 0.29) is 17.0 Å². The topological polar surface area (TPSA) is 102 Å². The Morgan fingerprint density at radius 1 is 1.21 bits per heavy atom. The Kier molecular flexibility index (Phi) is 4.39. The van der Waals surface area contributed by atoms with Crippen molar-refractivity contribution in [1.82, 2.24) is 15.2 Å². The van der Waals surface area contributed by atoms with Crippen molar-refractivity contribution in [2.45, 2.75) is 17.0 Å². The van der Waals surface area contributed by atoms with Crippen LogP contribution in [0.25, 0.3) is 11.4 Å². The molecule has 1 aromatic heterocycles. The molecule has 0 bridgehead atoms. The Bertz CT molecular complexity index is 909. The number of nitro groups is 1. The number of rotatable bonds is 5. The molecule has 3 rings (SSSR count). The fourth-order valence-electron chi connectivity index (χ4n) is 2.11. The summed E-state index contributed by atoms with van der Waals surface area (Å²) in [5.41, 5.74) is 1.05. The van der Waals surface area contributed by atoms with E-state index in [1.54, 1.807) is 0 Å². The molecule has 0 fully saturated rings. The molecular formula is C16H12N4O3S. The number of hydrogen-bond donors (Lipinski definition) is 1. The van der Waals surface area contributed by atoms with Crippen molar-refractivity contribution in [2.24, 2.45) is 0 Å². The van der Waals surface area contributed by atoms with Crippen LogP contribution in [-0.4, -0.2) is 25.9 Å². The van der Waals surface area contributed by atoms with E-state index in [1.165, 1.54) is 36.9 Å². The molecule has 120 valence electrons. The molecule has 1 N–H and O–H groups in total. The number of aromatic nitrogens is 3. The van der Waals surface area contributed by atoms with Gasteiger partial charge in [0, 0.05) is 28.2 Å². The first-order valence-corrected chi connectivity index (χ1v) is 7.81. The van der Waals surface area contributed by atoms with Crippen LogP contribution < -0.4 is 0 Å². The molecule has 2 aromatic carbocycles. The van der Waals surface area contributed by atoms with Gasteiger partial charge in [-0.15, -0.1) is 5.10 Å². The van der Waals surface area contributed by atoms with Gasteiger partial charge in [-0.2, -0.15) is 0 Å². The summed E-state index contributed by atoms with van der Waals surface area (Å²) < 4.78 is 0. The third-order valence-corrected chi connectivity index (χ3v) is 4.21. The maximum absolute atomic E-state index is 11.8. The van der Waals surface area contributed by atoms with Crippen LogP contribution in [0.4, 0.5) is 5.69 Å². The van der Waals surface area contributed by atoms with Gasteiger partial charge >= 0.3 is 0 Å². The minimum absolute atomic E-state index is 0.121. The molecule has 0 amide bonds. The second kappa shape index (κ2) is 6.63. The fourth-order valence-corrected chi connectivity index (χ4v) is 2.98. The summed E-state index contributed by atoms with van der Waals surface area (Å²) in [4.78, 5) is 27.1. The third kappa shape index (κ3) is 3.33. The quantitative estimate of drug-likeness (QED) is 0.431. The molecule has 7 nitrogen and oxygen atoms in total.